The van der Waals surface area contributed by atoms with Gasteiger partial charge in [-0.3, -0.25) is 4.79 Å². The SMILES string of the molecule is Cc1cc(Cl)ccc1OCCCC(=O)c1ccc(F)cc1. The van der Waals surface area contributed by atoms with Gasteiger partial charge in [0.05, 0.1) is 6.61 Å². The van der Waals surface area contributed by atoms with E-state index in [-0.39, 0.29) is 11.6 Å². The van der Waals surface area contributed by atoms with Crippen LogP contribution >= 0.6 is 11.6 Å². The van der Waals surface area contributed by atoms with Gasteiger partial charge >= 0.3 is 0 Å². The van der Waals surface area contributed by atoms with Crippen LogP contribution < -0.4 is 4.74 Å². The highest BCUT2D eigenvalue weighted by Gasteiger charge is 2.06. The molecule has 21 heavy (non-hydrogen) atoms. The topological polar surface area (TPSA) is 26.3 Å². The molecule has 2 aromatic carbocycles. The first-order chi connectivity index (χ1) is 10.1. The molecule has 0 atom stereocenters. The molecule has 0 aliphatic rings. The summed E-state index contributed by atoms with van der Waals surface area (Å²) in [4.78, 5) is 11.9. The summed E-state index contributed by atoms with van der Waals surface area (Å²) in [5, 5.41) is 0.673. The Morgan fingerprint density at radius 3 is 2.57 bits per heavy atom. The fraction of sp³-hybridized carbons (Fsp3) is 0.235. The second-order valence-electron chi connectivity index (χ2n) is 4.79. The quantitative estimate of drug-likeness (QED) is 0.564. The van der Waals surface area contributed by atoms with Crippen LogP contribution in [0.4, 0.5) is 4.39 Å². The van der Waals surface area contributed by atoms with E-state index in [0.29, 0.717) is 30.0 Å². The molecule has 0 radical (unpaired) electrons. The summed E-state index contributed by atoms with van der Waals surface area (Å²) in [5.74, 6) is 0.424. The number of carbonyl (C=O) groups excluding carboxylic acids is 1. The number of aryl methyl sites for hydroxylation is 1. The third kappa shape index (κ3) is 4.57. The molecule has 0 N–H and O–H groups in total. The van der Waals surface area contributed by atoms with Crippen molar-refractivity contribution in [1.82, 2.24) is 0 Å². The van der Waals surface area contributed by atoms with E-state index in [2.05, 4.69) is 0 Å². The number of hydrogen-bond donors (Lipinski definition) is 0. The molecule has 0 fully saturated rings. The maximum absolute atomic E-state index is 12.8. The minimum atomic E-state index is -0.340. The van der Waals surface area contributed by atoms with E-state index < -0.39 is 0 Å². The van der Waals surface area contributed by atoms with Gasteiger partial charge in [-0.25, -0.2) is 4.39 Å². The summed E-state index contributed by atoms with van der Waals surface area (Å²) >= 11 is 5.87. The van der Waals surface area contributed by atoms with E-state index in [1.165, 1.54) is 24.3 Å². The van der Waals surface area contributed by atoms with E-state index >= 15 is 0 Å². The highest BCUT2D eigenvalue weighted by Crippen LogP contribution is 2.22. The molecule has 0 saturated heterocycles. The van der Waals surface area contributed by atoms with Crippen molar-refractivity contribution in [2.24, 2.45) is 0 Å². The number of ketones is 1. The van der Waals surface area contributed by atoms with Crippen LogP contribution in [0, 0.1) is 12.7 Å². The van der Waals surface area contributed by atoms with Crippen LogP contribution in [0.1, 0.15) is 28.8 Å². The van der Waals surface area contributed by atoms with E-state index in [1.54, 1.807) is 6.07 Å². The molecule has 0 aliphatic heterocycles. The standard InChI is InChI=1S/C17H16ClFO2/c1-12-11-14(18)6-9-17(12)21-10-2-3-16(20)13-4-7-15(19)8-5-13/h4-9,11H,2-3,10H2,1H3. The van der Waals surface area contributed by atoms with Gasteiger partial charge in [0.15, 0.2) is 5.78 Å². The summed E-state index contributed by atoms with van der Waals surface area (Å²) in [7, 11) is 0. The summed E-state index contributed by atoms with van der Waals surface area (Å²) in [6, 6.07) is 11.0. The lowest BCUT2D eigenvalue weighted by Crippen LogP contribution is -2.04. The van der Waals surface area contributed by atoms with Crippen molar-refractivity contribution in [2.75, 3.05) is 6.61 Å². The van der Waals surface area contributed by atoms with E-state index in [1.807, 2.05) is 19.1 Å². The molecular formula is C17H16ClFO2. The van der Waals surface area contributed by atoms with Crippen molar-refractivity contribution in [3.63, 3.8) is 0 Å². The monoisotopic (exact) mass is 306 g/mol. The van der Waals surface area contributed by atoms with Gasteiger partial charge in [0.25, 0.3) is 0 Å². The van der Waals surface area contributed by atoms with Gasteiger partial charge < -0.3 is 4.74 Å². The van der Waals surface area contributed by atoms with Gasteiger partial charge in [-0.15, -0.1) is 0 Å². The van der Waals surface area contributed by atoms with Crippen molar-refractivity contribution < 1.29 is 13.9 Å². The van der Waals surface area contributed by atoms with E-state index in [0.717, 1.165) is 11.3 Å². The van der Waals surface area contributed by atoms with E-state index in [4.69, 9.17) is 16.3 Å². The lowest BCUT2D eigenvalue weighted by Gasteiger charge is -2.09. The van der Waals surface area contributed by atoms with Gasteiger partial charge in [-0.05, 0) is 61.4 Å². The van der Waals surface area contributed by atoms with Crippen LogP contribution in [0.25, 0.3) is 0 Å². The zero-order valence-corrected chi connectivity index (χ0v) is 12.5. The van der Waals surface area contributed by atoms with Gasteiger partial charge in [-0.2, -0.15) is 0 Å². The molecule has 0 spiro atoms. The summed E-state index contributed by atoms with van der Waals surface area (Å²) in [6.07, 6.45) is 0.983. The Kier molecular flexibility index (Phi) is 5.34. The third-order valence-corrected chi connectivity index (χ3v) is 3.34. The number of ether oxygens (including phenoxy) is 1. The number of benzene rings is 2. The molecular weight excluding hydrogens is 291 g/mol. The minimum Gasteiger partial charge on any atom is -0.493 e. The molecule has 0 bridgehead atoms. The molecule has 4 heteroatoms. The molecule has 0 aromatic heterocycles. The number of halogens is 2. The molecule has 0 unspecified atom stereocenters. The normalized spacial score (nSPS) is 10.4. The lowest BCUT2D eigenvalue weighted by molar-refractivity contribution is 0.0973. The van der Waals surface area contributed by atoms with Gasteiger partial charge in [0.2, 0.25) is 0 Å². The average Bonchev–Trinajstić information content (AvgIpc) is 2.46. The Morgan fingerprint density at radius 2 is 1.90 bits per heavy atom. The lowest BCUT2D eigenvalue weighted by atomic mass is 10.1. The van der Waals surface area contributed by atoms with Crippen molar-refractivity contribution >= 4 is 17.4 Å². The van der Waals surface area contributed by atoms with Crippen molar-refractivity contribution in [3.05, 3.63) is 64.4 Å². The fourth-order valence-corrected chi connectivity index (χ4v) is 2.20. The third-order valence-electron chi connectivity index (χ3n) is 3.11. The maximum atomic E-state index is 12.8. The summed E-state index contributed by atoms with van der Waals surface area (Å²) in [6.45, 7) is 2.38. The average molecular weight is 307 g/mol. The molecule has 0 aliphatic carbocycles. The number of hydrogen-bond acceptors (Lipinski definition) is 2. The Hall–Kier alpha value is -1.87. The van der Waals surface area contributed by atoms with Gasteiger partial charge in [-0.1, -0.05) is 11.6 Å². The maximum Gasteiger partial charge on any atom is 0.163 e. The largest absolute Gasteiger partial charge is 0.493 e. The Labute approximate surface area is 128 Å². The summed E-state index contributed by atoms with van der Waals surface area (Å²) < 4.78 is 18.4. The Bertz CT molecular complexity index is 623. The molecule has 0 saturated carbocycles. The second kappa shape index (κ2) is 7.23. The molecule has 2 nitrogen and oxygen atoms in total. The molecule has 110 valence electrons. The highest BCUT2D eigenvalue weighted by atomic mass is 35.5. The first-order valence-corrected chi connectivity index (χ1v) is 7.12. The zero-order chi connectivity index (χ0) is 15.2. The van der Waals surface area contributed by atoms with Crippen LogP contribution in [0.3, 0.4) is 0 Å². The molecule has 2 rings (SSSR count). The van der Waals surface area contributed by atoms with Gasteiger partial charge in [0.1, 0.15) is 11.6 Å². The van der Waals surface area contributed by atoms with E-state index in [9.17, 15) is 9.18 Å². The zero-order valence-electron chi connectivity index (χ0n) is 11.7. The predicted molar refractivity (Wildman–Crippen MR) is 81.6 cm³/mol. The first-order valence-electron chi connectivity index (χ1n) is 6.74. The summed E-state index contributed by atoms with van der Waals surface area (Å²) in [5.41, 5.74) is 1.49. The van der Waals surface area contributed by atoms with Crippen LogP contribution in [-0.2, 0) is 0 Å². The minimum absolute atomic E-state index is 0.00794. The van der Waals surface area contributed by atoms with Crippen LogP contribution in [0.15, 0.2) is 42.5 Å². The molecule has 0 amide bonds. The van der Waals surface area contributed by atoms with Gasteiger partial charge in [0, 0.05) is 17.0 Å². The smallest absolute Gasteiger partial charge is 0.163 e. The predicted octanol–water partition coefficient (Wildman–Crippen LogP) is 4.83. The van der Waals surface area contributed by atoms with Crippen molar-refractivity contribution in [3.8, 4) is 5.75 Å². The first kappa shape index (κ1) is 15.5. The molecule has 0 heterocycles. The van der Waals surface area contributed by atoms with Crippen molar-refractivity contribution in [1.29, 1.82) is 0 Å². The van der Waals surface area contributed by atoms with Crippen LogP contribution in [-0.4, -0.2) is 12.4 Å². The number of carbonyl (C=O) groups is 1. The molecule has 2 aromatic rings. The Balaban J connectivity index is 1.79. The number of rotatable bonds is 6. The fourth-order valence-electron chi connectivity index (χ4n) is 1.97. The Morgan fingerprint density at radius 1 is 1.19 bits per heavy atom. The van der Waals surface area contributed by atoms with Crippen LogP contribution in [0.5, 0.6) is 5.75 Å². The number of Topliss-reactive ketones (excluding diaryl/α,β-unsaturated/α-hetero) is 1. The van der Waals surface area contributed by atoms with Crippen molar-refractivity contribution in [2.45, 2.75) is 19.8 Å². The highest BCUT2D eigenvalue weighted by molar-refractivity contribution is 6.30. The van der Waals surface area contributed by atoms with Crippen LogP contribution in [0.2, 0.25) is 5.02 Å². The second-order valence-corrected chi connectivity index (χ2v) is 5.23.